The molecule has 0 amide bonds. The largest absolute Gasteiger partial charge is 0.365 e. The topological polar surface area (TPSA) is 86.8 Å². The first-order valence-corrected chi connectivity index (χ1v) is 6.59. The van der Waals surface area contributed by atoms with Gasteiger partial charge in [0.15, 0.2) is 6.35 Å². The molecule has 1 saturated heterocycles. The molecule has 0 spiro atoms. The number of hydrogen-bond acceptors (Lipinski definition) is 6. The summed E-state index contributed by atoms with van der Waals surface area (Å²) in [5.41, 5.74) is 11.9. The molecule has 3 heterocycles. The summed E-state index contributed by atoms with van der Waals surface area (Å²) in [6.07, 6.45) is 1.86. The van der Waals surface area contributed by atoms with E-state index in [0.29, 0.717) is 6.04 Å². The van der Waals surface area contributed by atoms with Crippen molar-refractivity contribution < 1.29 is 5.11 Å². The summed E-state index contributed by atoms with van der Waals surface area (Å²) >= 11 is 0. The van der Waals surface area contributed by atoms with E-state index in [1.54, 1.807) is 6.20 Å². The van der Waals surface area contributed by atoms with E-state index < -0.39 is 6.35 Å². The highest BCUT2D eigenvalue weighted by atomic mass is 16.3. The number of aromatic nitrogens is 1. The van der Waals surface area contributed by atoms with Gasteiger partial charge < -0.3 is 10.5 Å². The zero-order valence-corrected chi connectivity index (χ0v) is 11.0. The van der Waals surface area contributed by atoms with Gasteiger partial charge in [-0.1, -0.05) is 0 Å². The van der Waals surface area contributed by atoms with Gasteiger partial charge in [-0.25, -0.2) is 0 Å². The Hall–Kier alpha value is -1.50. The van der Waals surface area contributed by atoms with Gasteiger partial charge >= 0.3 is 0 Å². The summed E-state index contributed by atoms with van der Waals surface area (Å²) in [6, 6.07) is 4.37. The molecule has 0 aromatic carbocycles. The molecule has 102 valence electrons. The maximum absolute atomic E-state index is 9.53. The summed E-state index contributed by atoms with van der Waals surface area (Å²) in [7, 11) is 0. The Bertz CT molecular complexity index is 502. The predicted octanol–water partition coefficient (Wildman–Crippen LogP) is -0.378. The van der Waals surface area contributed by atoms with E-state index in [9.17, 15) is 5.11 Å². The first-order valence-electron chi connectivity index (χ1n) is 6.59. The zero-order chi connectivity index (χ0) is 13.4. The summed E-state index contributed by atoms with van der Waals surface area (Å²) in [5.74, 6) is 0.272. The Kier molecular flexibility index (Phi) is 3.22. The number of fused-ring (bicyclic) bond motifs is 1. The predicted molar refractivity (Wildman–Crippen MR) is 72.3 cm³/mol. The van der Waals surface area contributed by atoms with Crippen LogP contribution in [0.1, 0.15) is 17.7 Å². The molecule has 6 nitrogen and oxygen atoms in total. The van der Waals surface area contributed by atoms with E-state index in [4.69, 9.17) is 5.73 Å². The number of nitrogens with two attached hydrogens (primary N) is 1. The van der Waals surface area contributed by atoms with E-state index in [1.807, 2.05) is 24.0 Å². The number of rotatable bonds is 2. The molecule has 1 fully saturated rings. The van der Waals surface area contributed by atoms with Crippen molar-refractivity contribution in [2.45, 2.75) is 25.7 Å². The van der Waals surface area contributed by atoms with Crippen molar-refractivity contribution in [1.29, 1.82) is 0 Å². The lowest BCUT2D eigenvalue weighted by Crippen LogP contribution is -2.53. The third-order valence-corrected chi connectivity index (χ3v) is 3.91. The van der Waals surface area contributed by atoms with Crippen LogP contribution in [0.4, 0.5) is 0 Å². The second-order valence-electron chi connectivity index (χ2n) is 5.22. The van der Waals surface area contributed by atoms with E-state index in [1.165, 1.54) is 0 Å². The van der Waals surface area contributed by atoms with E-state index in [-0.39, 0.29) is 5.92 Å². The summed E-state index contributed by atoms with van der Waals surface area (Å²) < 4.78 is 0. The van der Waals surface area contributed by atoms with Crippen molar-refractivity contribution in [3.63, 3.8) is 0 Å². The minimum Gasteiger partial charge on any atom is -0.365 e. The van der Waals surface area contributed by atoms with Gasteiger partial charge in [-0.3, -0.25) is 15.6 Å². The number of aryl methyl sites for hydroxylation is 1. The van der Waals surface area contributed by atoms with E-state index >= 15 is 0 Å². The van der Waals surface area contributed by atoms with Gasteiger partial charge in [-0.2, -0.15) is 5.10 Å². The van der Waals surface area contributed by atoms with Gasteiger partial charge in [0.25, 0.3) is 0 Å². The van der Waals surface area contributed by atoms with Crippen molar-refractivity contribution in [3.05, 3.63) is 29.6 Å². The van der Waals surface area contributed by atoms with Crippen LogP contribution >= 0.6 is 0 Å². The maximum Gasteiger partial charge on any atom is 0.160 e. The Morgan fingerprint density at radius 2 is 2.42 bits per heavy atom. The first kappa shape index (κ1) is 12.5. The molecular weight excluding hydrogens is 242 g/mol. The van der Waals surface area contributed by atoms with Crippen molar-refractivity contribution in [2.75, 3.05) is 13.1 Å². The van der Waals surface area contributed by atoms with Crippen molar-refractivity contribution in [2.24, 2.45) is 16.8 Å². The van der Waals surface area contributed by atoms with E-state index in [2.05, 4.69) is 15.5 Å². The highest BCUT2D eigenvalue weighted by molar-refractivity contribution is 6.03. The quantitative estimate of drug-likeness (QED) is 0.632. The number of nitrogens with zero attached hydrogens (tertiary/aromatic N) is 3. The minimum atomic E-state index is -0.887. The summed E-state index contributed by atoms with van der Waals surface area (Å²) in [4.78, 5) is 6.10. The van der Waals surface area contributed by atoms with Gasteiger partial charge in [0.2, 0.25) is 0 Å². The molecule has 0 aliphatic carbocycles. The SMILES string of the molecule is Cc1cc(C2=NNC3CCN(C(N)O)CC23)ccn1. The molecule has 1 aromatic rings. The molecule has 6 heteroatoms. The molecule has 1 aromatic heterocycles. The van der Waals surface area contributed by atoms with Crippen molar-refractivity contribution >= 4 is 5.71 Å². The fourth-order valence-corrected chi connectivity index (χ4v) is 2.87. The number of aliphatic hydroxyl groups excluding tert-OH is 1. The van der Waals surface area contributed by atoms with Gasteiger partial charge in [0, 0.05) is 36.5 Å². The van der Waals surface area contributed by atoms with Crippen LogP contribution in [-0.2, 0) is 0 Å². The molecule has 0 saturated carbocycles. The van der Waals surface area contributed by atoms with Crippen LogP contribution in [0.25, 0.3) is 0 Å². The summed E-state index contributed by atoms with van der Waals surface area (Å²) in [5, 5.41) is 14.0. The molecule has 3 unspecified atom stereocenters. The van der Waals surface area contributed by atoms with Crippen LogP contribution in [-0.4, -0.2) is 46.2 Å². The second kappa shape index (κ2) is 4.88. The average molecular weight is 261 g/mol. The Morgan fingerprint density at radius 3 is 3.16 bits per heavy atom. The highest BCUT2D eigenvalue weighted by Crippen LogP contribution is 2.26. The number of nitrogens with one attached hydrogen (secondary N) is 1. The van der Waals surface area contributed by atoms with Gasteiger partial charge in [-0.05, 0) is 25.5 Å². The fraction of sp³-hybridized carbons (Fsp3) is 0.538. The van der Waals surface area contributed by atoms with Gasteiger partial charge in [-0.15, -0.1) is 0 Å². The Morgan fingerprint density at radius 1 is 1.58 bits per heavy atom. The smallest absolute Gasteiger partial charge is 0.160 e. The van der Waals surface area contributed by atoms with Crippen molar-refractivity contribution in [3.8, 4) is 0 Å². The van der Waals surface area contributed by atoms with Crippen LogP contribution in [0.3, 0.4) is 0 Å². The summed E-state index contributed by atoms with van der Waals surface area (Å²) in [6.45, 7) is 3.50. The van der Waals surface area contributed by atoms with Crippen LogP contribution < -0.4 is 11.2 Å². The van der Waals surface area contributed by atoms with E-state index in [0.717, 1.165) is 36.5 Å². The number of piperidine rings is 1. The van der Waals surface area contributed by atoms with Crippen LogP contribution in [0, 0.1) is 12.8 Å². The highest BCUT2D eigenvalue weighted by Gasteiger charge is 2.38. The molecule has 4 N–H and O–H groups in total. The molecular formula is C13H19N5O. The monoisotopic (exact) mass is 261 g/mol. The van der Waals surface area contributed by atoms with Crippen molar-refractivity contribution in [1.82, 2.24) is 15.3 Å². The Labute approximate surface area is 112 Å². The molecule has 3 rings (SSSR count). The van der Waals surface area contributed by atoms with Crippen LogP contribution in [0.15, 0.2) is 23.4 Å². The second-order valence-corrected chi connectivity index (χ2v) is 5.22. The third-order valence-electron chi connectivity index (χ3n) is 3.91. The molecule has 2 aliphatic heterocycles. The molecule has 0 bridgehead atoms. The average Bonchev–Trinajstić information content (AvgIpc) is 2.81. The number of aliphatic hydroxyl groups is 1. The van der Waals surface area contributed by atoms with Crippen LogP contribution in [0.2, 0.25) is 0 Å². The maximum atomic E-state index is 9.53. The first-order chi connectivity index (χ1) is 9.15. The number of hydrazone groups is 1. The minimum absolute atomic E-state index is 0.272. The molecule has 2 aliphatic rings. The number of pyridine rings is 1. The lowest BCUT2D eigenvalue weighted by Gasteiger charge is -2.36. The third kappa shape index (κ3) is 2.34. The molecule has 0 radical (unpaired) electrons. The number of likely N-dealkylation sites (tertiary alicyclic amines) is 1. The number of hydrogen-bond donors (Lipinski definition) is 3. The Balaban J connectivity index is 1.83. The fourth-order valence-electron chi connectivity index (χ4n) is 2.87. The zero-order valence-electron chi connectivity index (χ0n) is 11.0. The van der Waals surface area contributed by atoms with Gasteiger partial charge in [0.05, 0.1) is 11.8 Å². The standard InChI is InChI=1S/C13H19N5O/c1-8-6-9(2-4-15-8)12-10-7-18(13(14)19)5-3-11(10)16-17-12/h2,4,6,10-11,13,16,19H,3,5,7,14H2,1H3. The van der Waals surface area contributed by atoms with Gasteiger partial charge in [0.1, 0.15) is 0 Å². The lowest BCUT2D eigenvalue weighted by molar-refractivity contribution is -0.0137. The van der Waals surface area contributed by atoms with Crippen LogP contribution in [0.5, 0.6) is 0 Å². The molecule has 3 atom stereocenters. The normalized spacial score (nSPS) is 28.5. The lowest BCUT2D eigenvalue weighted by atomic mass is 9.87. The molecule has 19 heavy (non-hydrogen) atoms.